The molecule has 0 aliphatic rings. The molecule has 1 N–H and O–H groups in total. The number of hydrogen-bond acceptors (Lipinski definition) is 7. The van der Waals surface area contributed by atoms with Crippen LogP contribution in [0.3, 0.4) is 0 Å². The van der Waals surface area contributed by atoms with Crippen molar-refractivity contribution in [3.8, 4) is 5.69 Å². The molecule has 0 radical (unpaired) electrons. The topological polar surface area (TPSA) is 98.7 Å². The van der Waals surface area contributed by atoms with Crippen LogP contribution in [0.5, 0.6) is 0 Å². The third kappa shape index (κ3) is 4.66. The zero-order valence-corrected chi connectivity index (χ0v) is 14.6. The van der Waals surface area contributed by atoms with Gasteiger partial charge in [-0.2, -0.15) is 4.68 Å². The number of hydrogen-bond donors (Lipinski definition) is 1. The average Bonchev–Trinajstić information content (AvgIpc) is 3.30. The van der Waals surface area contributed by atoms with Gasteiger partial charge >= 0.3 is 0 Å². The van der Waals surface area contributed by atoms with Crippen LogP contribution < -0.4 is 5.32 Å². The fourth-order valence-electron chi connectivity index (χ4n) is 2.20. The summed E-state index contributed by atoms with van der Waals surface area (Å²) in [7, 11) is 0. The van der Waals surface area contributed by atoms with E-state index in [0.29, 0.717) is 11.0 Å². The standard InChI is InChI=1S/C16H18N6O2S/c1-2-3-4-12-5-7-13(8-6-12)22-16(18-20-21-22)25-11-15(23)17-14-9-10-24-19-14/h5-10H,2-4,11H2,1H3,(H,17,19,23). The number of amides is 1. The summed E-state index contributed by atoms with van der Waals surface area (Å²) in [5.74, 6) is 0.346. The second kappa shape index (κ2) is 8.43. The third-order valence-corrected chi connectivity index (χ3v) is 4.40. The van der Waals surface area contributed by atoms with Crippen molar-refractivity contribution in [2.24, 2.45) is 0 Å². The number of carbonyl (C=O) groups excluding carboxylic acids is 1. The van der Waals surface area contributed by atoms with Crippen molar-refractivity contribution in [3.05, 3.63) is 42.2 Å². The largest absolute Gasteiger partial charge is 0.363 e. The van der Waals surface area contributed by atoms with Gasteiger partial charge in [0.1, 0.15) is 6.26 Å². The monoisotopic (exact) mass is 358 g/mol. The summed E-state index contributed by atoms with van der Waals surface area (Å²) in [5, 5.41) is 18.5. The number of carbonyl (C=O) groups is 1. The van der Waals surface area contributed by atoms with Crippen molar-refractivity contribution >= 4 is 23.5 Å². The molecular weight excluding hydrogens is 340 g/mol. The van der Waals surface area contributed by atoms with Crippen molar-refractivity contribution in [1.29, 1.82) is 0 Å². The Hall–Kier alpha value is -2.68. The van der Waals surface area contributed by atoms with Crippen molar-refractivity contribution in [1.82, 2.24) is 25.4 Å². The van der Waals surface area contributed by atoms with Crippen molar-refractivity contribution < 1.29 is 9.32 Å². The van der Waals surface area contributed by atoms with E-state index in [1.165, 1.54) is 36.4 Å². The second-order valence-corrected chi connectivity index (χ2v) is 6.31. The van der Waals surface area contributed by atoms with Crippen LogP contribution >= 0.6 is 11.8 Å². The molecule has 0 aliphatic carbocycles. The maximum absolute atomic E-state index is 11.9. The number of aryl methyl sites for hydroxylation is 1. The van der Waals surface area contributed by atoms with Crippen LogP contribution in [0.15, 0.2) is 46.3 Å². The van der Waals surface area contributed by atoms with Gasteiger partial charge in [-0.3, -0.25) is 4.79 Å². The molecule has 0 aliphatic heterocycles. The summed E-state index contributed by atoms with van der Waals surface area (Å²) in [4.78, 5) is 11.9. The van der Waals surface area contributed by atoms with Gasteiger partial charge in [-0.25, -0.2) is 0 Å². The number of rotatable bonds is 8. The summed E-state index contributed by atoms with van der Waals surface area (Å²) >= 11 is 1.25. The molecule has 0 spiro atoms. The molecule has 0 saturated carbocycles. The predicted molar refractivity (Wildman–Crippen MR) is 93.6 cm³/mol. The van der Waals surface area contributed by atoms with E-state index in [0.717, 1.165) is 12.1 Å². The predicted octanol–water partition coefficient (Wildman–Crippen LogP) is 2.72. The summed E-state index contributed by atoms with van der Waals surface area (Å²) in [6.45, 7) is 2.18. The Labute approximate surface area is 149 Å². The molecule has 0 saturated heterocycles. The van der Waals surface area contributed by atoms with E-state index in [4.69, 9.17) is 0 Å². The fraction of sp³-hybridized carbons (Fsp3) is 0.312. The van der Waals surface area contributed by atoms with E-state index in [1.54, 1.807) is 10.7 Å². The summed E-state index contributed by atoms with van der Waals surface area (Å²) in [6, 6.07) is 9.71. The number of anilines is 1. The van der Waals surface area contributed by atoms with Crippen LogP contribution in [0.4, 0.5) is 5.82 Å². The minimum Gasteiger partial charge on any atom is -0.363 e. The Morgan fingerprint density at radius 3 is 2.84 bits per heavy atom. The summed E-state index contributed by atoms with van der Waals surface area (Å²) in [5.41, 5.74) is 2.16. The highest BCUT2D eigenvalue weighted by molar-refractivity contribution is 7.99. The van der Waals surface area contributed by atoms with Crippen molar-refractivity contribution in [2.75, 3.05) is 11.1 Å². The van der Waals surface area contributed by atoms with E-state index in [-0.39, 0.29) is 11.7 Å². The SMILES string of the molecule is CCCCc1ccc(-n2nnnc2SCC(=O)Nc2ccon2)cc1. The quantitative estimate of drug-likeness (QED) is 0.618. The van der Waals surface area contributed by atoms with Crippen LogP contribution in [0.25, 0.3) is 5.69 Å². The van der Waals surface area contributed by atoms with E-state index in [1.807, 2.05) is 12.1 Å². The molecule has 130 valence electrons. The van der Waals surface area contributed by atoms with Gasteiger partial charge < -0.3 is 9.84 Å². The van der Waals surface area contributed by atoms with Gasteiger partial charge in [0.15, 0.2) is 5.82 Å². The fourth-order valence-corrected chi connectivity index (χ4v) is 2.89. The molecule has 0 atom stereocenters. The number of nitrogens with one attached hydrogen (secondary N) is 1. The molecule has 25 heavy (non-hydrogen) atoms. The first-order valence-corrected chi connectivity index (χ1v) is 8.95. The molecule has 0 bridgehead atoms. The zero-order valence-electron chi connectivity index (χ0n) is 13.8. The van der Waals surface area contributed by atoms with Crippen molar-refractivity contribution in [2.45, 2.75) is 31.3 Å². The number of nitrogens with zero attached hydrogens (tertiary/aromatic N) is 5. The van der Waals surface area contributed by atoms with Crippen LogP contribution in [0, 0.1) is 0 Å². The van der Waals surface area contributed by atoms with Crippen LogP contribution in [-0.4, -0.2) is 37.0 Å². The molecule has 3 aromatic rings. The Balaban J connectivity index is 1.61. The lowest BCUT2D eigenvalue weighted by molar-refractivity contribution is -0.113. The normalized spacial score (nSPS) is 10.8. The first kappa shape index (κ1) is 17.2. The Morgan fingerprint density at radius 2 is 2.12 bits per heavy atom. The zero-order chi connectivity index (χ0) is 17.5. The Kier molecular flexibility index (Phi) is 5.78. The minimum absolute atomic E-state index is 0.168. The number of unbranched alkanes of at least 4 members (excludes halogenated alkanes) is 1. The highest BCUT2D eigenvalue weighted by Crippen LogP contribution is 2.19. The second-order valence-electron chi connectivity index (χ2n) is 5.36. The molecular formula is C16H18N6O2S. The lowest BCUT2D eigenvalue weighted by Gasteiger charge is -2.06. The molecule has 0 unspecified atom stereocenters. The Bertz CT molecular complexity index is 800. The molecule has 2 aromatic heterocycles. The van der Waals surface area contributed by atoms with Gasteiger partial charge in [-0.05, 0) is 41.0 Å². The number of aromatic nitrogens is 5. The first-order chi connectivity index (χ1) is 12.3. The number of tetrazole rings is 1. The van der Waals surface area contributed by atoms with Gasteiger partial charge in [-0.1, -0.05) is 42.4 Å². The molecule has 9 heteroatoms. The van der Waals surface area contributed by atoms with Gasteiger partial charge in [0, 0.05) is 6.07 Å². The maximum Gasteiger partial charge on any atom is 0.236 e. The maximum atomic E-state index is 11.9. The third-order valence-electron chi connectivity index (χ3n) is 3.48. The highest BCUT2D eigenvalue weighted by atomic mass is 32.2. The highest BCUT2D eigenvalue weighted by Gasteiger charge is 2.12. The molecule has 1 aromatic carbocycles. The van der Waals surface area contributed by atoms with Gasteiger partial charge in [0.2, 0.25) is 11.1 Å². The average molecular weight is 358 g/mol. The molecule has 3 rings (SSSR count). The van der Waals surface area contributed by atoms with Crippen LogP contribution in [0.1, 0.15) is 25.3 Å². The summed E-state index contributed by atoms with van der Waals surface area (Å²) < 4.78 is 6.29. The van der Waals surface area contributed by atoms with Crippen LogP contribution in [0.2, 0.25) is 0 Å². The van der Waals surface area contributed by atoms with E-state index in [2.05, 4.69) is 49.6 Å². The lowest BCUT2D eigenvalue weighted by Crippen LogP contribution is -2.14. The lowest BCUT2D eigenvalue weighted by atomic mass is 10.1. The van der Waals surface area contributed by atoms with E-state index in [9.17, 15) is 4.79 Å². The van der Waals surface area contributed by atoms with Gasteiger partial charge in [0.05, 0.1) is 11.4 Å². The molecule has 0 fully saturated rings. The van der Waals surface area contributed by atoms with Gasteiger partial charge in [0.25, 0.3) is 0 Å². The van der Waals surface area contributed by atoms with Crippen molar-refractivity contribution in [3.63, 3.8) is 0 Å². The van der Waals surface area contributed by atoms with E-state index < -0.39 is 0 Å². The first-order valence-electron chi connectivity index (χ1n) is 7.97. The number of benzene rings is 1. The minimum atomic E-state index is -0.205. The molecule has 8 nitrogen and oxygen atoms in total. The molecule has 2 heterocycles. The van der Waals surface area contributed by atoms with Gasteiger partial charge in [-0.15, -0.1) is 5.10 Å². The van der Waals surface area contributed by atoms with Crippen LogP contribution in [-0.2, 0) is 11.2 Å². The Morgan fingerprint density at radius 1 is 1.28 bits per heavy atom. The smallest absolute Gasteiger partial charge is 0.236 e. The number of thioether (sulfide) groups is 1. The molecule has 1 amide bonds. The van der Waals surface area contributed by atoms with E-state index >= 15 is 0 Å². The summed E-state index contributed by atoms with van der Waals surface area (Å²) in [6.07, 6.45) is 4.81.